The van der Waals surface area contributed by atoms with E-state index < -0.39 is 57.8 Å². The van der Waals surface area contributed by atoms with Gasteiger partial charge in [0.2, 0.25) is 23.5 Å². The van der Waals surface area contributed by atoms with Crippen LogP contribution in [-0.4, -0.2) is 80.4 Å². The number of nitrogens with zero attached hydrogens (tertiary/aromatic N) is 2. The molecule has 1 fully saturated rings. The van der Waals surface area contributed by atoms with Crippen molar-refractivity contribution in [3.05, 3.63) is 35.9 Å². The number of likely N-dealkylation sites (tertiary alicyclic amines) is 1. The molecule has 14 heteroatoms. The number of carbonyl (C=O) groups is 6. The molecule has 3 atom stereocenters. The second-order valence-electron chi connectivity index (χ2n) is 9.04. The maximum absolute atomic E-state index is 13.3. The molecule has 1 aromatic carbocycles. The van der Waals surface area contributed by atoms with E-state index in [1.54, 1.807) is 0 Å². The second kappa shape index (κ2) is 15.8. The van der Waals surface area contributed by atoms with Crippen LogP contribution in [0.25, 0.3) is 0 Å². The molecule has 1 aromatic rings. The van der Waals surface area contributed by atoms with E-state index in [0.717, 1.165) is 5.56 Å². The number of aliphatic carboxylic acids is 1. The number of rotatable bonds is 15. The van der Waals surface area contributed by atoms with E-state index in [9.17, 15) is 33.9 Å². The van der Waals surface area contributed by atoms with E-state index >= 15 is 0 Å². The number of Topliss-reactive ketones (excluding diaryl/α,β-unsaturated/α-hetero) is 1. The zero-order chi connectivity index (χ0) is 28.9. The first-order valence-electron chi connectivity index (χ1n) is 12.4. The van der Waals surface area contributed by atoms with Crippen molar-refractivity contribution in [3.63, 3.8) is 0 Å². The zero-order valence-corrected chi connectivity index (χ0v) is 23.5. The number of amides is 3. The monoisotopic (exact) mass is 656 g/mol. The Hall–Kier alpha value is -3.56. The first-order valence-corrected chi connectivity index (χ1v) is 13.5. The summed E-state index contributed by atoms with van der Waals surface area (Å²) in [6.45, 7) is 0.355. The summed E-state index contributed by atoms with van der Waals surface area (Å²) in [7, 11) is 0. The number of nitrogens with one attached hydrogen (secondary N) is 2. The average molecular weight is 656 g/mol. The molecule has 0 aromatic heterocycles. The summed E-state index contributed by atoms with van der Waals surface area (Å²) >= 11 is 1.34. The van der Waals surface area contributed by atoms with Crippen molar-refractivity contribution >= 4 is 61.8 Å². The van der Waals surface area contributed by atoms with Gasteiger partial charge in [0, 0.05) is 42.1 Å². The molecule has 1 heterocycles. The summed E-state index contributed by atoms with van der Waals surface area (Å²) in [6.07, 6.45) is 0.925. The number of ketones is 1. The van der Waals surface area contributed by atoms with Gasteiger partial charge < -0.3 is 32.1 Å². The van der Waals surface area contributed by atoms with Crippen molar-refractivity contribution in [2.75, 3.05) is 13.1 Å². The molecule has 0 saturated carbocycles. The maximum Gasteiger partial charge on any atom is 0.305 e. The molecule has 212 valence electrons. The van der Waals surface area contributed by atoms with E-state index in [1.165, 1.54) is 27.5 Å². The Balaban J connectivity index is 2.08. The minimum absolute atomic E-state index is 0.0469. The molecule has 39 heavy (non-hydrogen) atoms. The van der Waals surface area contributed by atoms with Crippen molar-refractivity contribution in [2.45, 2.75) is 63.1 Å². The highest BCUT2D eigenvalue weighted by Crippen LogP contribution is 2.20. The number of carbonyl (C=O) groups excluding carboxylic acids is 5. The van der Waals surface area contributed by atoms with E-state index in [1.807, 2.05) is 30.3 Å². The summed E-state index contributed by atoms with van der Waals surface area (Å²) in [6, 6.07) is 5.72. The summed E-state index contributed by atoms with van der Waals surface area (Å²) in [5, 5.41) is 14.4. The van der Waals surface area contributed by atoms with Gasteiger partial charge in [-0.3, -0.25) is 33.8 Å². The number of carboxylic acids is 1. The Morgan fingerprint density at radius 2 is 1.77 bits per heavy atom. The summed E-state index contributed by atoms with van der Waals surface area (Å²) in [5.41, 5.74) is 11.5. The molecule has 1 aliphatic rings. The minimum Gasteiger partial charge on any atom is -0.481 e. The number of aryl methyl sites for hydroxylation is 1. The largest absolute Gasteiger partial charge is 0.481 e. The van der Waals surface area contributed by atoms with Crippen molar-refractivity contribution in [2.24, 2.45) is 16.5 Å². The third-order valence-corrected chi connectivity index (χ3v) is 6.64. The number of aliphatic imine (C=N–C) groups is 1. The lowest BCUT2D eigenvalue weighted by Gasteiger charge is -2.29. The quantitative estimate of drug-likeness (QED) is 0.0416. The van der Waals surface area contributed by atoms with Crippen molar-refractivity contribution in [1.29, 1.82) is 0 Å². The van der Waals surface area contributed by atoms with Gasteiger partial charge in [-0.15, -0.1) is 0 Å². The topological polar surface area (TPSA) is 214 Å². The Morgan fingerprint density at radius 1 is 1.08 bits per heavy atom. The molecule has 7 N–H and O–H groups in total. The van der Waals surface area contributed by atoms with Crippen LogP contribution >= 0.6 is 22.6 Å². The van der Waals surface area contributed by atoms with Gasteiger partial charge in [-0.1, -0.05) is 30.3 Å². The van der Waals surface area contributed by atoms with Gasteiger partial charge in [0.1, 0.15) is 12.1 Å². The predicted octanol–water partition coefficient (Wildman–Crippen LogP) is -0.361. The highest BCUT2D eigenvalue weighted by atomic mass is 127. The molecule has 2 rings (SSSR count). The lowest BCUT2D eigenvalue weighted by Crippen LogP contribution is -2.56. The van der Waals surface area contributed by atoms with Gasteiger partial charge in [-0.2, -0.15) is 0 Å². The summed E-state index contributed by atoms with van der Waals surface area (Å²) in [5.74, 6) is -4.07. The van der Waals surface area contributed by atoms with Crippen LogP contribution < -0.4 is 22.1 Å². The first kappa shape index (κ1) is 31.7. The van der Waals surface area contributed by atoms with Crippen molar-refractivity contribution < 1.29 is 33.9 Å². The third kappa shape index (κ3) is 10.6. The fourth-order valence-corrected chi connectivity index (χ4v) is 4.60. The fourth-order valence-electron chi connectivity index (χ4n) is 4.22. The Bertz CT molecular complexity index is 1090. The summed E-state index contributed by atoms with van der Waals surface area (Å²) in [4.78, 5) is 79.6. The normalized spacial score (nSPS) is 16.0. The number of hydrogen-bond donors (Lipinski definition) is 5. The Morgan fingerprint density at radius 3 is 2.38 bits per heavy atom. The third-order valence-electron chi connectivity index (χ3n) is 6.11. The van der Waals surface area contributed by atoms with Crippen LogP contribution in [0.15, 0.2) is 35.3 Å². The van der Waals surface area contributed by atoms with Crippen LogP contribution in [0.3, 0.4) is 0 Å². The molecular formula is C25H33IN6O7. The molecule has 0 bridgehead atoms. The van der Waals surface area contributed by atoms with Crippen LogP contribution in [0.4, 0.5) is 0 Å². The number of benzene rings is 1. The van der Waals surface area contributed by atoms with Gasteiger partial charge in [0.15, 0.2) is 5.96 Å². The van der Waals surface area contributed by atoms with Crippen LogP contribution in [0.2, 0.25) is 0 Å². The SMILES string of the molecule is NC(N)=NCCCC(NC(=O)C1CCCN1C(=O)C(CC(=O)O)NC(=O)CCc1ccccc1)C(=O)C(=O)I. The first-order chi connectivity index (χ1) is 18.5. The second-order valence-corrected chi connectivity index (χ2v) is 10.0. The molecule has 1 aliphatic heterocycles. The van der Waals surface area contributed by atoms with Crippen LogP contribution in [0.1, 0.15) is 44.1 Å². The van der Waals surface area contributed by atoms with Crippen molar-refractivity contribution in [3.8, 4) is 0 Å². The molecule has 0 radical (unpaired) electrons. The smallest absolute Gasteiger partial charge is 0.305 e. The fraction of sp³-hybridized carbons (Fsp3) is 0.480. The van der Waals surface area contributed by atoms with Gasteiger partial charge >= 0.3 is 5.97 Å². The van der Waals surface area contributed by atoms with Crippen LogP contribution in [0, 0.1) is 0 Å². The number of halogens is 1. The Kier molecular flexibility index (Phi) is 12.8. The number of hydrogen-bond acceptors (Lipinski definition) is 7. The predicted molar refractivity (Wildman–Crippen MR) is 150 cm³/mol. The minimum atomic E-state index is -1.37. The Labute approximate surface area is 239 Å². The van der Waals surface area contributed by atoms with E-state index in [0.29, 0.717) is 19.3 Å². The number of carboxylic acid groups (broad SMARTS) is 1. The lowest BCUT2D eigenvalue weighted by molar-refractivity contribution is -0.146. The molecule has 1 saturated heterocycles. The van der Waals surface area contributed by atoms with Gasteiger partial charge in [-0.05, 0) is 37.7 Å². The molecule has 13 nitrogen and oxygen atoms in total. The molecular weight excluding hydrogens is 623 g/mol. The average Bonchev–Trinajstić information content (AvgIpc) is 3.38. The van der Waals surface area contributed by atoms with E-state index in [2.05, 4.69) is 15.6 Å². The van der Waals surface area contributed by atoms with Crippen molar-refractivity contribution in [1.82, 2.24) is 15.5 Å². The van der Waals surface area contributed by atoms with Crippen LogP contribution in [0.5, 0.6) is 0 Å². The number of nitrogens with two attached hydrogens (primary N) is 2. The standard InChI is InChI=1S/C25H33IN6O7/c26-22(37)21(36)16(8-4-12-29-25(27)28)31-23(38)18-9-5-13-32(18)24(39)17(14-20(34)35)30-19(33)11-10-15-6-2-1-3-7-15/h1-3,6-7,16-18H,4-5,8-14H2,(H,30,33)(H,31,38)(H,34,35)(H4,27,28,29). The van der Waals surface area contributed by atoms with Crippen LogP contribution in [-0.2, 0) is 35.2 Å². The highest BCUT2D eigenvalue weighted by molar-refractivity contribution is 14.1. The maximum atomic E-state index is 13.3. The summed E-state index contributed by atoms with van der Waals surface area (Å²) < 4.78 is -0.765. The molecule has 3 unspecified atom stereocenters. The zero-order valence-electron chi connectivity index (χ0n) is 21.3. The van der Waals surface area contributed by atoms with Gasteiger partial charge in [0.05, 0.1) is 12.5 Å². The van der Waals surface area contributed by atoms with E-state index in [4.69, 9.17) is 11.5 Å². The van der Waals surface area contributed by atoms with Gasteiger partial charge in [-0.25, -0.2) is 0 Å². The highest BCUT2D eigenvalue weighted by Gasteiger charge is 2.39. The lowest BCUT2D eigenvalue weighted by atomic mass is 10.1. The molecule has 3 amide bonds. The van der Waals surface area contributed by atoms with Gasteiger partial charge in [0.25, 0.3) is 3.79 Å². The molecule has 0 spiro atoms. The number of guanidine groups is 1. The van der Waals surface area contributed by atoms with E-state index in [-0.39, 0.29) is 38.3 Å². The molecule has 0 aliphatic carbocycles.